The Morgan fingerprint density at radius 3 is 1.57 bits per heavy atom. The van der Waals surface area contributed by atoms with Crippen LogP contribution in [0.15, 0.2) is 24.3 Å². The lowest BCUT2D eigenvalue weighted by Gasteiger charge is -2.23. The predicted molar refractivity (Wildman–Crippen MR) is 179 cm³/mol. The zero-order valence-electron chi connectivity index (χ0n) is 27.4. The molecule has 1 amide bonds. The first-order valence-electron chi connectivity index (χ1n) is 17.5. The van der Waals surface area contributed by atoms with Crippen molar-refractivity contribution >= 4 is 16.0 Å². The van der Waals surface area contributed by atoms with Crippen LogP contribution in [0, 0.1) is 0 Å². The Kier molecular flexibility index (Phi) is 29.0. The summed E-state index contributed by atoms with van der Waals surface area (Å²) >= 11 is 0. The van der Waals surface area contributed by atoms with Crippen LogP contribution in [-0.2, 0) is 14.9 Å². The quantitative estimate of drug-likeness (QED) is 0.0410. The van der Waals surface area contributed by atoms with Gasteiger partial charge in [0.2, 0.25) is 5.91 Å². The summed E-state index contributed by atoms with van der Waals surface area (Å²) in [5.74, 6) is -0.914. The molecule has 0 heterocycles. The molecule has 42 heavy (non-hydrogen) atoms. The number of unbranched alkanes of at least 4 members (excludes halogenated alkanes) is 19. The molecular formula is C35H67NO5S. The number of nitrogens with one attached hydrogen (secondary N) is 1. The molecule has 2 atom stereocenters. The molecular weight excluding hydrogens is 546 g/mol. The predicted octanol–water partition coefficient (Wildman–Crippen LogP) is 9.62. The van der Waals surface area contributed by atoms with E-state index in [2.05, 4.69) is 43.5 Å². The lowest BCUT2D eigenvalue weighted by Crippen LogP contribution is -2.47. The van der Waals surface area contributed by atoms with Crippen molar-refractivity contribution < 1.29 is 22.9 Å². The molecule has 0 aliphatic heterocycles. The Morgan fingerprint density at radius 1 is 0.643 bits per heavy atom. The molecule has 248 valence electrons. The highest BCUT2D eigenvalue weighted by Crippen LogP contribution is 2.15. The summed E-state index contributed by atoms with van der Waals surface area (Å²) in [4.78, 5) is 12.4. The molecule has 2 unspecified atom stereocenters. The first-order chi connectivity index (χ1) is 20.3. The van der Waals surface area contributed by atoms with E-state index >= 15 is 0 Å². The fraction of sp³-hybridized carbons (Fsp3) is 0.857. The first kappa shape index (κ1) is 40.8. The molecule has 0 aromatic carbocycles. The van der Waals surface area contributed by atoms with Gasteiger partial charge in [0.05, 0.1) is 17.9 Å². The van der Waals surface area contributed by atoms with Crippen LogP contribution in [0.25, 0.3) is 0 Å². The van der Waals surface area contributed by atoms with Gasteiger partial charge in [-0.25, -0.2) is 0 Å². The van der Waals surface area contributed by atoms with Crippen molar-refractivity contribution in [1.29, 1.82) is 0 Å². The molecule has 0 aromatic rings. The lowest BCUT2D eigenvalue weighted by atomic mass is 10.0. The molecule has 0 aliphatic rings. The van der Waals surface area contributed by atoms with E-state index in [9.17, 15) is 22.9 Å². The van der Waals surface area contributed by atoms with Crippen LogP contribution in [0.1, 0.15) is 174 Å². The molecule has 0 fully saturated rings. The lowest BCUT2D eigenvalue weighted by molar-refractivity contribution is -0.122. The van der Waals surface area contributed by atoms with Gasteiger partial charge in [0, 0.05) is 6.42 Å². The van der Waals surface area contributed by atoms with E-state index in [0.717, 1.165) is 64.2 Å². The van der Waals surface area contributed by atoms with Crippen LogP contribution >= 0.6 is 0 Å². The van der Waals surface area contributed by atoms with Gasteiger partial charge in [-0.1, -0.05) is 147 Å². The highest BCUT2D eigenvalue weighted by molar-refractivity contribution is 7.85. The number of amides is 1. The van der Waals surface area contributed by atoms with Crippen LogP contribution < -0.4 is 5.32 Å². The Balaban J connectivity index is 3.97. The van der Waals surface area contributed by atoms with E-state index in [1.165, 1.54) is 83.5 Å². The fourth-order valence-corrected chi connectivity index (χ4v) is 6.01. The second-order valence-corrected chi connectivity index (χ2v) is 13.6. The van der Waals surface area contributed by atoms with Crippen molar-refractivity contribution in [3.8, 4) is 0 Å². The van der Waals surface area contributed by atoms with Crippen LogP contribution in [0.5, 0.6) is 0 Å². The number of rotatable bonds is 31. The Labute approximate surface area is 260 Å². The SMILES string of the molecule is CCCCCC/C=C\C/C=C\CCCCCCCC(=O)NC(CS(=O)(=O)O)C(O)CCCCCCCCCCCCC. The Morgan fingerprint density at radius 2 is 1.07 bits per heavy atom. The number of carbonyl (C=O) groups excluding carboxylic acids is 1. The van der Waals surface area contributed by atoms with Crippen LogP contribution in [0.4, 0.5) is 0 Å². The second kappa shape index (κ2) is 29.9. The number of hydrogen-bond donors (Lipinski definition) is 3. The molecule has 0 rings (SSSR count). The topological polar surface area (TPSA) is 104 Å². The monoisotopic (exact) mass is 613 g/mol. The third-order valence-corrected chi connectivity index (χ3v) is 8.69. The molecule has 6 nitrogen and oxygen atoms in total. The van der Waals surface area contributed by atoms with E-state index < -0.39 is 28.0 Å². The van der Waals surface area contributed by atoms with E-state index in [1.807, 2.05) is 0 Å². The van der Waals surface area contributed by atoms with E-state index in [-0.39, 0.29) is 5.91 Å². The summed E-state index contributed by atoms with van der Waals surface area (Å²) < 4.78 is 32.3. The molecule has 0 aliphatic carbocycles. The van der Waals surface area contributed by atoms with Crippen molar-refractivity contribution in [2.75, 3.05) is 5.75 Å². The summed E-state index contributed by atoms with van der Waals surface area (Å²) in [6.45, 7) is 4.47. The molecule has 0 spiro atoms. The van der Waals surface area contributed by atoms with Gasteiger partial charge in [0.1, 0.15) is 0 Å². The van der Waals surface area contributed by atoms with Gasteiger partial charge in [-0.3, -0.25) is 9.35 Å². The standard InChI is InChI=1S/C35H67NO5S/c1-3-5-7-9-11-13-15-16-17-18-19-21-23-25-27-29-31-35(38)36-33(32-42(39,40)41)34(37)30-28-26-24-22-20-14-12-10-8-6-4-2/h13,15,17-18,33-34,37H,3-12,14,16,19-32H2,1-2H3,(H,36,38)(H,39,40,41)/b15-13-,18-17-. The number of aliphatic hydroxyl groups excluding tert-OH is 1. The third-order valence-electron chi connectivity index (χ3n) is 7.91. The minimum Gasteiger partial charge on any atom is -0.391 e. The molecule has 7 heteroatoms. The number of hydrogen-bond acceptors (Lipinski definition) is 4. The van der Waals surface area contributed by atoms with Gasteiger partial charge in [-0.15, -0.1) is 0 Å². The van der Waals surface area contributed by atoms with Crippen molar-refractivity contribution in [2.45, 2.75) is 187 Å². The van der Waals surface area contributed by atoms with Gasteiger partial charge < -0.3 is 10.4 Å². The van der Waals surface area contributed by atoms with Crippen LogP contribution in [0.2, 0.25) is 0 Å². The number of aliphatic hydroxyl groups is 1. The normalized spacial score (nSPS) is 13.7. The Hall–Kier alpha value is -1.18. The summed E-state index contributed by atoms with van der Waals surface area (Å²) in [5, 5.41) is 13.3. The van der Waals surface area contributed by atoms with Gasteiger partial charge in [-0.05, 0) is 44.9 Å². The average molecular weight is 614 g/mol. The molecule has 0 aromatic heterocycles. The van der Waals surface area contributed by atoms with Crippen molar-refractivity contribution in [1.82, 2.24) is 5.32 Å². The zero-order chi connectivity index (χ0) is 31.2. The maximum absolute atomic E-state index is 12.4. The second-order valence-electron chi connectivity index (χ2n) is 12.1. The molecule has 0 bridgehead atoms. The summed E-state index contributed by atoms with van der Waals surface area (Å²) in [6, 6.07) is -0.974. The molecule has 3 N–H and O–H groups in total. The maximum atomic E-state index is 12.4. The molecule has 0 saturated carbocycles. The van der Waals surface area contributed by atoms with Crippen LogP contribution in [-0.4, -0.2) is 41.9 Å². The maximum Gasteiger partial charge on any atom is 0.266 e. The van der Waals surface area contributed by atoms with Crippen LogP contribution in [0.3, 0.4) is 0 Å². The summed E-state index contributed by atoms with van der Waals surface area (Å²) in [6.07, 6.45) is 35.5. The number of allylic oxidation sites excluding steroid dienone is 4. The third kappa shape index (κ3) is 30.3. The van der Waals surface area contributed by atoms with Gasteiger partial charge in [-0.2, -0.15) is 8.42 Å². The first-order valence-corrected chi connectivity index (χ1v) is 19.1. The number of carbonyl (C=O) groups is 1. The van der Waals surface area contributed by atoms with E-state index in [4.69, 9.17) is 0 Å². The molecule has 0 radical (unpaired) electrons. The summed E-state index contributed by atoms with van der Waals surface area (Å²) in [5.41, 5.74) is 0. The fourth-order valence-electron chi connectivity index (χ4n) is 5.25. The average Bonchev–Trinajstić information content (AvgIpc) is 2.94. The van der Waals surface area contributed by atoms with Gasteiger partial charge in [0.15, 0.2) is 0 Å². The summed E-state index contributed by atoms with van der Waals surface area (Å²) in [7, 11) is -4.30. The van der Waals surface area contributed by atoms with Crippen molar-refractivity contribution in [3.05, 3.63) is 24.3 Å². The molecule has 0 saturated heterocycles. The minimum atomic E-state index is -4.30. The Bertz CT molecular complexity index is 765. The zero-order valence-corrected chi connectivity index (χ0v) is 28.2. The smallest absolute Gasteiger partial charge is 0.266 e. The van der Waals surface area contributed by atoms with Gasteiger partial charge in [0.25, 0.3) is 10.1 Å². The van der Waals surface area contributed by atoms with Crippen molar-refractivity contribution in [2.24, 2.45) is 0 Å². The van der Waals surface area contributed by atoms with E-state index in [0.29, 0.717) is 12.8 Å². The highest BCUT2D eigenvalue weighted by atomic mass is 32.2. The van der Waals surface area contributed by atoms with E-state index in [1.54, 1.807) is 0 Å². The van der Waals surface area contributed by atoms with Crippen molar-refractivity contribution in [3.63, 3.8) is 0 Å². The van der Waals surface area contributed by atoms with Gasteiger partial charge >= 0.3 is 0 Å². The minimum absolute atomic E-state index is 0.261. The highest BCUT2D eigenvalue weighted by Gasteiger charge is 2.26. The largest absolute Gasteiger partial charge is 0.391 e.